The SMILES string of the molecule is CC[C@H]1CC(NC(C)c2cc(F)c(-c3cc(C(C)(C)F)cc(CF)n3)cc2F)=CN1. The number of hydrogen-bond donors (Lipinski definition) is 2. The fourth-order valence-electron chi connectivity index (χ4n) is 3.55. The Bertz CT molecular complexity index is 950. The molecule has 1 unspecified atom stereocenters. The van der Waals surface area contributed by atoms with Crippen molar-refractivity contribution in [3.05, 3.63) is 64.6 Å². The molecule has 0 fully saturated rings. The largest absolute Gasteiger partial charge is 0.386 e. The third-order valence-corrected chi connectivity index (χ3v) is 5.38. The molecule has 30 heavy (non-hydrogen) atoms. The molecule has 2 aromatic rings. The Morgan fingerprint density at radius 3 is 2.53 bits per heavy atom. The Balaban J connectivity index is 1.92. The van der Waals surface area contributed by atoms with Crippen LogP contribution >= 0.6 is 0 Å². The van der Waals surface area contributed by atoms with E-state index in [0.29, 0.717) is 6.04 Å². The molecule has 0 spiro atoms. The van der Waals surface area contributed by atoms with E-state index in [4.69, 9.17) is 0 Å². The summed E-state index contributed by atoms with van der Waals surface area (Å²) in [5.41, 5.74) is -0.660. The van der Waals surface area contributed by atoms with Gasteiger partial charge in [0.25, 0.3) is 0 Å². The average Bonchev–Trinajstić information content (AvgIpc) is 3.15. The van der Waals surface area contributed by atoms with Gasteiger partial charge in [0.05, 0.1) is 17.4 Å². The summed E-state index contributed by atoms with van der Waals surface area (Å²) in [6, 6.07) is 4.67. The van der Waals surface area contributed by atoms with Crippen LogP contribution in [0, 0.1) is 11.6 Å². The molecule has 2 atom stereocenters. The first-order valence-electron chi connectivity index (χ1n) is 10.1. The highest BCUT2D eigenvalue weighted by Gasteiger charge is 2.24. The second-order valence-electron chi connectivity index (χ2n) is 8.20. The van der Waals surface area contributed by atoms with Crippen LogP contribution in [-0.4, -0.2) is 11.0 Å². The van der Waals surface area contributed by atoms with Gasteiger partial charge < -0.3 is 10.6 Å². The number of nitrogens with zero attached hydrogens (tertiary/aromatic N) is 1. The molecule has 3 nitrogen and oxygen atoms in total. The molecule has 1 aromatic carbocycles. The molecule has 3 rings (SSSR count). The van der Waals surface area contributed by atoms with Crippen LogP contribution in [0.4, 0.5) is 17.6 Å². The molecule has 162 valence electrons. The van der Waals surface area contributed by atoms with Crippen LogP contribution in [-0.2, 0) is 12.3 Å². The van der Waals surface area contributed by atoms with E-state index in [2.05, 4.69) is 22.5 Å². The lowest BCUT2D eigenvalue weighted by Crippen LogP contribution is -2.20. The van der Waals surface area contributed by atoms with Gasteiger partial charge >= 0.3 is 0 Å². The molecule has 0 saturated carbocycles. The topological polar surface area (TPSA) is 37.0 Å². The van der Waals surface area contributed by atoms with Gasteiger partial charge in [0.2, 0.25) is 0 Å². The average molecular weight is 421 g/mol. The van der Waals surface area contributed by atoms with Crippen molar-refractivity contribution in [1.82, 2.24) is 15.6 Å². The lowest BCUT2D eigenvalue weighted by Gasteiger charge is -2.19. The lowest BCUT2D eigenvalue weighted by molar-refractivity contribution is 0.221. The Kier molecular flexibility index (Phi) is 6.38. The molecule has 1 aromatic heterocycles. The van der Waals surface area contributed by atoms with Gasteiger partial charge in [0, 0.05) is 35.5 Å². The van der Waals surface area contributed by atoms with E-state index < -0.39 is 30.0 Å². The highest BCUT2D eigenvalue weighted by atomic mass is 19.1. The van der Waals surface area contributed by atoms with Crippen molar-refractivity contribution < 1.29 is 17.6 Å². The van der Waals surface area contributed by atoms with Crippen molar-refractivity contribution in [3.8, 4) is 11.3 Å². The second kappa shape index (κ2) is 8.66. The minimum Gasteiger partial charge on any atom is -0.386 e. The highest BCUT2D eigenvalue weighted by molar-refractivity contribution is 5.62. The van der Waals surface area contributed by atoms with Gasteiger partial charge in [-0.25, -0.2) is 22.5 Å². The summed E-state index contributed by atoms with van der Waals surface area (Å²) in [5.74, 6) is -1.31. The molecule has 1 aliphatic rings. The molecular formula is C23H27F4N3. The summed E-state index contributed by atoms with van der Waals surface area (Å²) in [6.45, 7) is 5.53. The summed E-state index contributed by atoms with van der Waals surface area (Å²) in [5, 5.41) is 6.45. The van der Waals surface area contributed by atoms with Crippen LogP contribution in [0.1, 0.15) is 63.4 Å². The molecule has 1 aliphatic heterocycles. The third kappa shape index (κ3) is 4.77. The number of nitrogens with one attached hydrogen (secondary N) is 2. The Morgan fingerprint density at radius 2 is 1.93 bits per heavy atom. The lowest BCUT2D eigenvalue weighted by atomic mass is 9.96. The van der Waals surface area contributed by atoms with Crippen molar-refractivity contribution in [1.29, 1.82) is 0 Å². The van der Waals surface area contributed by atoms with Crippen LogP contribution in [0.25, 0.3) is 11.3 Å². The first-order valence-corrected chi connectivity index (χ1v) is 10.1. The number of hydrogen-bond acceptors (Lipinski definition) is 3. The van der Waals surface area contributed by atoms with Gasteiger partial charge in [-0.2, -0.15) is 0 Å². The summed E-state index contributed by atoms with van der Waals surface area (Å²) in [4.78, 5) is 4.03. The van der Waals surface area contributed by atoms with Crippen molar-refractivity contribution in [2.45, 2.75) is 65.0 Å². The summed E-state index contributed by atoms with van der Waals surface area (Å²) >= 11 is 0. The smallest absolute Gasteiger partial charge is 0.133 e. The van der Waals surface area contributed by atoms with Crippen LogP contribution in [0.3, 0.4) is 0 Å². The second-order valence-corrected chi connectivity index (χ2v) is 8.20. The molecule has 2 N–H and O–H groups in total. The fourth-order valence-corrected chi connectivity index (χ4v) is 3.55. The van der Waals surface area contributed by atoms with E-state index in [1.807, 2.05) is 6.20 Å². The Hall–Kier alpha value is -2.57. The van der Waals surface area contributed by atoms with Gasteiger partial charge in [-0.15, -0.1) is 0 Å². The van der Waals surface area contributed by atoms with Crippen LogP contribution in [0.2, 0.25) is 0 Å². The predicted molar refractivity (Wildman–Crippen MR) is 110 cm³/mol. The zero-order valence-electron chi connectivity index (χ0n) is 17.6. The van der Waals surface area contributed by atoms with Crippen molar-refractivity contribution in [3.63, 3.8) is 0 Å². The first-order chi connectivity index (χ1) is 14.1. The van der Waals surface area contributed by atoms with Crippen molar-refractivity contribution in [2.75, 3.05) is 0 Å². The van der Waals surface area contributed by atoms with E-state index in [1.165, 1.54) is 26.0 Å². The summed E-state index contributed by atoms with van der Waals surface area (Å²) < 4.78 is 57.4. The number of alkyl halides is 2. The Labute approximate surface area is 174 Å². The number of benzene rings is 1. The van der Waals surface area contributed by atoms with E-state index in [-0.39, 0.29) is 28.1 Å². The molecular weight excluding hydrogens is 394 g/mol. The van der Waals surface area contributed by atoms with E-state index in [0.717, 1.165) is 30.7 Å². The minimum absolute atomic E-state index is 0.00271. The maximum absolute atomic E-state index is 14.9. The first kappa shape index (κ1) is 22.1. The molecule has 0 aliphatic carbocycles. The number of halogens is 4. The zero-order chi connectivity index (χ0) is 22.1. The highest BCUT2D eigenvalue weighted by Crippen LogP contribution is 2.32. The van der Waals surface area contributed by atoms with Crippen molar-refractivity contribution >= 4 is 0 Å². The van der Waals surface area contributed by atoms with E-state index in [9.17, 15) is 17.6 Å². The van der Waals surface area contributed by atoms with Crippen LogP contribution in [0.15, 0.2) is 36.2 Å². The molecule has 0 amide bonds. The van der Waals surface area contributed by atoms with Gasteiger partial charge in [-0.3, -0.25) is 0 Å². The Morgan fingerprint density at radius 1 is 1.20 bits per heavy atom. The molecule has 2 heterocycles. The van der Waals surface area contributed by atoms with Gasteiger partial charge in [-0.1, -0.05) is 6.92 Å². The molecule has 7 heteroatoms. The zero-order valence-corrected chi connectivity index (χ0v) is 17.6. The predicted octanol–water partition coefficient (Wildman–Crippen LogP) is 5.96. The fraction of sp³-hybridized carbons (Fsp3) is 0.435. The summed E-state index contributed by atoms with van der Waals surface area (Å²) in [6.07, 6.45) is 3.63. The van der Waals surface area contributed by atoms with Gasteiger partial charge in [0.15, 0.2) is 0 Å². The number of pyridine rings is 1. The maximum Gasteiger partial charge on any atom is 0.133 e. The molecule has 0 saturated heterocycles. The summed E-state index contributed by atoms with van der Waals surface area (Å²) in [7, 11) is 0. The quantitative estimate of drug-likeness (QED) is 0.541. The van der Waals surface area contributed by atoms with Crippen LogP contribution < -0.4 is 10.6 Å². The standard InChI is InChI=1S/C23H27F4N3/c1-5-15-8-17(12-28-15)29-13(2)18-9-21(26)19(10-20(18)25)22-7-14(23(3,4)27)6-16(11-24)30-22/h6-7,9-10,12-13,15,28-29H,5,8,11H2,1-4H3/t13?,15-/m0/s1. The normalized spacial score (nSPS) is 17.5. The third-order valence-electron chi connectivity index (χ3n) is 5.38. The van der Waals surface area contributed by atoms with Crippen molar-refractivity contribution in [2.24, 2.45) is 0 Å². The van der Waals surface area contributed by atoms with Gasteiger partial charge in [-0.05, 0) is 57.0 Å². The maximum atomic E-state index is 14.9. The van der Waals surface area contributed by atoms with Gasteiger partial charge in [0.1, 0.15) is 24.0 Å². The molecule has 0 radical (unpaired) electrons. The monoisotopic (exact) mass is 421 g/mol. The van der Waals surface area contributed by atoms with E-state index >= 15 is 0 Å². The van der Waals surface area contributed by atoms with E-state index in [1.54, 1.807) is 6.92 Å². The number of rotatable bonds is 7. The van der Waals surface area contributed by atoms with Crippen LogP contribution in [0.5, 0.6) is 0 Å². The molecule has 0 bridgehead atoms. The number of aromatic nitrogens is 1. The minimum atomic E-state index is -1.77.